The fourth-order valence-corrected chi connectivity index (χ4v) is 1.29. The zero-order valence-electron chi connectivity index (χ0n) is 9.50. The summed E-state index contributed by atoms with van der Waals surface area (Å²) in [6.07, 6.45) is 1.34. The highest BCUT2D eigenvalue weighted by molar-refractivity contribution is 5.77. The molecule has 3 N–H and O–H groups in total. The Kier molecular flexibility index (Phi) is 4.50. The van der Waals surface area contributed by atoms with Gasteiger partial charge in [0, 0.05) is 6.20 Å². The number of hydrogen-bond acceptors (Lipinski definition) is 5. The number of carbonyl (C=O) groups excluding carboxylic acids is 1. The van der Waals surface area contributed by atoms with Crippen molar-refractivity contribution < 1.29 is 19.4 Å². The molecule has 0 saturated carbocycles. The third-order valence-electron chi connectivity index (χ3n) is 2.05. The maximum atomic E-state index is 11.4. The monoisotopic (exact) mass is 241 g/mol. The Bertz CT molecular complexity index is 402. The van der Waals surface area contributed by atoms with Gasteiger partial charge in [0.15, 0.2) is 6.10 Å². The number of esters is 1. The third kappa shape index (κ3) is 4.13. The molecule has 0 aliphatic heterocycles. The van der Waals surface area contributed by atoms with Crippen molar-refractivity contribution >= 4 is 17.8 Å². The number of nitrogens with two attached hydrogens (primary N) is 1. The molecule has 0 bridgehead atoms. The van der Waals surface area contributed by atoms with Crippen LogP contribution in [0.15, 0.2) is 12.3 Å². The SMILES string of the molecule is CCCC(OC(=O)Cn1ccc(N)n1)C(=O)O. The van der Waals surface area contributed by atoms with E-state index >= 15 is 0 Å². The number of carboxylic acids is 1. The summed E-state index contributed by atoms with van der Waals surface area (Å²) >= 11 is 0. The van der Waals surface area contributed by atoms with Crippen molar-refractivity contribution in [2.45, 2.75) is 32.4 Å². The van der Waals surface area contributed by atoms with Crippen LogP contribution in [0.2, 0.25) is 0 Å². The van der Waals surface area contributed by atoms with Gasteiger partial charge in [-0.25, -0.2) is 4.79 Å². The van der Waals surface area contributed by atoms with Gasteiger partial charge in [0.05, 0.1) is 0 Å². The van der Waals surface area contributed by atoms with E-state index in [4.69, 9.17) is 15.6 Å². The molecule has 1 unspecified atom stereocenters. The van der Waals surface area contributed by atoms with Crippen LogP contribution < -0.4 is 5.73 Å². The van der Waals surface area contributed by atoms with Crippen LogP contribution in [0.3, 0.4) is 0 Å². The third-order valence-corrected chi connectivity index (χ3v) is 2.05. The van der Waals surface area contributed by atoms with Crippen LogP contribution in [0.5, 0.6) is 0 Å². The van der Waals surface area contributed by atoms with Gasteiger partial charge in [0.1, 0.15) is 12.4 Å². The van der Waals surface area contributed by atoms with E-state index in [1.807, 2.05) is 6.92 Å². The van der Waals surface area contributed by atoms with Crippen molar-refractivity contribution in [1.29, 1.82) is 0 Å². The van der Waals surface area contributed by atoms with E-state index in [9.17, 15) is 9.59 Å². The molecule has 1 heterocycles. The van der Waals surface area contributed by atoms with Crippen LogP contribution in [-0.2, 0) is 20.9 Å². The lowest BCUT2D eigenvalue weighted by Gasteiger charge is -2.12. The van der Waals surface area contributed by atoms with Crippen LogP contribution in [0, 0.1) is 0 Å². The van der Waals surface area contributed by atoms with Crippen molar-refractivity contribution in [3.05, 3.63) is 12.3 Å². The molecular weight excluding hydrogens is 226 g/mol. The van der Waals surface area contributed by atoms with Crippen molar-refractivity contribution in [2.24, 2.45) is 0 Å². The van der Waals surface area contributed by atoms with E-state index in [1.165, 1.54) is 16.9 Å². The first-order valence-electron chi connectivity index (χ1n) is 5.24. The number of carbonyl (C=O) groups is 2. The second kappa shape index (κ2) is 5.88. The first kappa shape index (κ1) is 13.0. The molecule has 0 aliphatic carbocycles. The molecule has 7 heteroatoms. The fraction of sp³-hybridized carbons (Fsp3) is 0.500. The number of carboxylic acid groups (broad SMARTS) is 1. The largest absolute Gasteiger partial charge is 0.479 e. The summed E-state index contributed by atoms with van der Waals surface area (Å²) in [6.45, 7) is 1.67. The summed E-state index contributed by atoms with van der Waals surface area (Å²) in [5.74, 6) is -1.49. The van der Waals surface area contributed by atoms with Gasteiger partial charge in [-0.3, -0.25) is 9.48 Å². The van der Waals surface area contributed by atoms with Gasteiger partial charge in [0.25, 0.3) is 0 Å². The highest BCUT2D eigenvalue weighted by Crippen LogP contribution is 2.04. The van der Waals surface area contributed by atoms with Gasteiger partial charge >= 0.3 is 11.9 Å². The minimum atomic E-state index is -1.14. The number of nitrogen functional groups attached to an aromatic ring is 1. The van der Waals surface area contributed by atoms with Crippen molar-refractivity contribution in [2.75, 3.05) is 5.73 Å². The number of anilines is 1. The Hall–Kier alpha value is -2.05. The molecule has 1 atom stereocenters. The average molecular weight is 241 g/mol. The lowest BCUT2D eigenvalue weighted by Crippen LogP contribution is -2.28. The number of aromatic nitrogens is 2. The molecule has 0 fully saturated rings. The predicted octanol–water partition coefficient (Wildman–Crippen LogP) is 0.262. The normalized spacial score (nSPS) is 12.1. The molecule has 1 rings (SSSR count). The molecule has 0 radical (unpaired) electrons. The topological polar surface area (TPSA) is 107 Å². The van der Waals surface area contributed by atoms with E-state index in [-0.39, 0.29) is 6.54 Å². The summed E-state index contributed by atoms with van der Waals surface area (Å²) < 4.78 is 6.12. The summed E-state index contributed by atoms with van der Waals surface area (Å²) in [5.41, 5.74) is 5.37. The van der Waals surface area contributed by atoms with E-state index in [1.54, 1.807) is 0 Å². The van der Waals surface area contributed by atoms with Gasteiger partial charge in [-0.1, -0.05) is 13.3 Å². The maximum Gasteiger partial charge on any atom is 0.345 e. The number of ether oxygens (including phenoxy) is 1. The molecule has 7 nitrogen and oxygen atoms in total. The molecule has 1 aromatic heterocycles. The molecule has 0 aliphatic rings. The standard InChI is InChI=1S/C10H15N3O4/c1-2-3-7(10(15)16)17-9(14)6-13-5-4-8(11)12-13/h4-5,7H,2-3,6H2,1H3,(H2,11,12)(H,15,16). The lowest BCUT2D eigenvalue weighted by molar-refractivity contribution is -0.165. The molecule has 0 spiro atoms. The Morgan fingerprint density at radius 1 is 1.65 bits per heavy atom. The summed E-state index contributed by atoms with van der Waals surface area (Å²) in [7, 11) is 0. The van der Waals surface area contributed by atoms with Crippen LogP contribution in [-0.4, -0.2) is 32.9 Å². The van der Waals surface area contributed by atoms with Crippen molar-refractivity contribution in [3.63, 3.8) is 0 Å². The Labute approximate surface area is 98.2 Å². The lowest BCUT2D eigenvalue weighted by atomic mass is 10.2. The fourth-order valence-electron chi connectivity index (χ4n) is 1.29. The summed E-state index contributed by atoms with van der Waals surface area (Å²) in [6, 6.07) is 1.54. The number of aliphatic carboxylic acids is 1. The summed E-state index contributed by atoms with van der Waals surface area (Å²) in [4.78, 5) is 22.2. The minimum absolute atomic E-state index is 0.148. The first-order chi connectivity index (χ1) is 8.02. The maximum absolute atomic E-state index is 11.4. The smallest absolute Gasteiger partial charge is 0.345 e. The zero-order chi connectivity index (χ0) is 12.8. The van der Waals surface area contributed by atoms with Gasteiger partial charge in [-0.05, 0) is 12.5 Å². The quantitative estimate of drug-likeness (QED) is 0.692. The second-order valence-electron chi connectivity index (χ2n) is 3.54. The van der Waals surface area contributed by atoms with E-state index in [2.05, 4.69) is 5.10 Å². The van der Waals surface area contributed by atoms with E-state index in [0.717, 1.165) is 0 Å². The Balaban J connectivity index is 2.50. The first-order valence-corrected chi connectivity index (χ1v) is 5.24. The predicted molar refractivity (Wildman–Crippen MR) is 59.1 cm³/mol. The molecule has 17 heavy (non-hydrogen) atoms. The number of nitrogens with zero attached hydrogens (tertiary/aromatic N) is 2. The Morgan fingerprint density at radius 2 is 2.35 bits per heavy atom. The molecule has 0 amide bonds. The molecular formula is C10H15N3O4. The molecule has 94 valence electrons. The van der Waals surface area contributed by atoms with E-state index in [0.29, 0.717) is 18.7 Å². The molecule has 0 aromatic carbocycles. The van der Waals surface area contributed by atoms with Crippen molar-refractivity contribution in [1.82, 2.24) is 9.78 Å². The zero-order valence-corrected chi connectivity index (χ0v) is 9.50. The van der Waals surface area contributed by atoms with Crippen LogP contribution in [0.25, 0.3) is 0 Å². The van der Waals surface area contributed by atoms with Gasteiger partial charge in [0.2, 0.25) is 0 Å². The summed E-state index contributed by atoms with van der Waals surface area (Å²) in [5, 5.41) is 12.6. The second-order valence-corrected chi connectivity index (χ2v) is 3.54. The Morgan fingerprint density at radius 3 is 2.82 bits per heavy atom. The highest BCUT2D eigenvalue weighted by Gasteiger charge is 2.21. The van der Waals surface area contributed by atoms with Crippen LogP contribution >= 0.6 is 0 Å². The van der Waals surface area contributed by atoms with Crippen molar-refractivity contribution in [3.8, 4) is 0 Å². The minimum Gasteiger partial charge on any atom is -0.479 e. The number of hydrogen-bond donors (Lipinski definition) is 2. The van der Waals surface area contributed by atoms with Gasteiger partial charge < -0.3 is 15.6 Å². The molecule has 1 aromatic rings. The highest BCUT2D eigenvalue weighted by atomic mass is 16.6. The van der Waals surface area contributed by atoms with Crippen LogP contribution in [0.1, 0.15) is 19.8 Å². The van der Waals surface area contributed by atoms with Crippen LogP contribution in [0.4, 0.5) is 5.82 Å². The van der Waals surface area contributed by atoms with E-state index < -0.39 is 18.0 Å². The van der Waals surface area contributed by atoms with Gasteiger partial charge in [-0.2, -0.15) is 5.10 Å². The molecule has 0 saturated heterocycles. The van der Waals surface area contributed by atoms with Gasteiger partial charge in [-0.15, -0.1) is 0 Å². The average Bonchev–Trinajstić information content (AvgIpc) is 2.63. The number of rotatable bonds is 6.